The summed E-state index contributed by atoms with van der Waals surface area (Å²) in [6.45, 7) is 0.733. The summed E-state index contributed by atoms with van der Waals surface area (Å²) in [5, 5.41) is 14.9. The first-order chi connectivity index (χ1) is 14.0. The molecule has 3 N–H and O–H groups in total. The van der Waals surface area contributed by atoms with Crippen molar-refractivity contribution < 1.29 is 24.2 Å². The number of carbonyl (C=O) groups is 3. The molecule has 0 radical (unpaired) electrons. The summed E-state index contributed by atoms with van der Waals surface area (Å²) < 4.78 is 5.87. The van der Waals surface area contributed by atoms with Crippen molar-refractivity contribution in [3.63, 3.8) is 0 Å². The first kappa shape index (κ1) is 19.2. The van der Waals surface area contributed by atoms with Gasteiger partial charge in [-0.3, -0.25) is 19.7 Å². The van der Waals surface area contributed by atoms with E-state index in [2.05, 4.69) is 15.6 Å². The van der Waals surface area contributed by atoms with Gasteiger partial charge in [0, 0.05) is 18.2 Å². The average molecular weight is 400 g/mol. The van der Waals surface area contributed by atoms with Gasteiger partial charge in [-0.05, 0) is 18.9 Å². The van der Waals surface area contributed by atoms with Crippen LogP contribution in [0.15, 0.2) is 23.2 Å². The van der Waals surface area contributed by atoms with Crippen LogP contribution in [0.2, 0.25) is 0 Å². The van der Waals surface area contributed by atoms with Crippen LogP contribution >= 0.6 is 0 Å². The van der Waals surface area contributed by atoms with Crippen molar-refractivity contribution in [3.05, 3.63) is 23.8 Å². The van der Waals surface area contributed by atoms with Gasteiger partial charge in [-0.25, -0.2) is 4.99 Å². The fourth-order valence-corrected chi connectivity index (χ4v) is 3.99. The second kappa shape index (κ2) is 8.10. The molecule has 2 fully saturated rings. The predicted molar refractivity (Wildman–Crippen MR) is 104 cm³/mol. The van der Waals surface area contributed by atoms with Crippen molar-refractivity contribution in [2.24, 2.45) is 4.99 Å². The van der Waals surface area contributed by atoms with Crippen LogP contribution in [0, 0.1) is 0 Å². The molecule has 1 saturated carbocycles. The number of amides is 2. The molecule has 29 heavy (non-hydrogen) atoms. The molecule has 1 atom stereocenters. The number of carboxylic acid groups (broad SMARTS) is 1. The van der Waals surface area contributed by atoms with Gasteiger partial charge in [-0.2, -0.15) is 0 Å². The zero-order chi connectivity index (χ0) is 20.4. The summed E-state index contributed by atoms with van der Waals surface area (Å²) in [5.74, 6) is -0.884. The monoisotopic (exact) mass is 400 g/mol. The van der Waals surface area contributed by atoms with Gasteiger partial charge in [0.25, 0.3) is 5.91 Å². The van der Waals surface area contributed by atoms with E-state index < -0.39 is 24.4 Å². The Labute approximate surface area is 168 Å². The SMILES string of the molecule is O=C(O)CC(Oc1cccc2c1N=C1NC(=O)CN1C2)C(=O)NC1CCCCC1. The number of rotatable bonds is 6. The van der Waals surface area contributed by atoms with E-state index in [9.17, 15) is 19.5 Å². The molecular weight excluding hydrogens is 376 g/mol. The number of aliphatic imine (C=N–C) groups is 1. The zero-order valence-electron chi connectivity index (χ0n) is 16.0. The van der Waals surface area contributed by atoms with Crippen LogP contribution in [0.1, 0.15) is 44.1 Å². The van der Waals surface area contributed by atoms with E-state index >= 15 is 0 Å². The highest BCUT2D eigenvalue weighted by atomic mass is 16.5. The van der Waals surface area contributed by atoms with Crippen molar-refractivity contribution in [2.45, 2.75) is 57.2 Å². The molecule has 1 aliphatic carbocycles. The van der Waals surface area contributed by atoms with E-state index in [0.29, 0.717) is 23.9 Å². The van der Waals surface area contributed by atoms with E-state index in [-0.39, 0.29) is 18.5 Å². The van der Waals surface area contributed by atoms with Gasteiger partial charge in [0.1, 0.15) is 18.0 Å². The second-order valence-corrected chi connectivity index (χ2v) is 7.65. The lowest BCUT2D eigenvalue weighted by molar-refractivity contribution is -0.143. The van der Waals surface area contributed by atoms with Crippen LogP contribution in [0.4, 0.5) is 5.69 Å². The highest BCUT2D eigenvalue weighted by molar-refractivity contribution is 6.06. The maximum absolute atomic E-state index is 12.7. The van der Waals surface area contributed by atoms with Gasteiger partial charge in [0.2, 0.25) is 11.9 Å². The number of benzene rings is 1. The fourth-order valence-electron chi connectivity index (χ4n) is 3.99. The third-order valence-electron chi connectivity index (χ3n) is 5.42. The lowest BCUT2D eigenvalue weighted by Gasteiger charge is -2.27. The van der Waals surface area contributed by atoms with Gasteiger partial charge in [0.05, 0.1) is 6.42 Å². The predicted octanol–water partition coefficient (Wildman–Crippen LogP) is 1.29. The van der Waals surface area contributed by atoms with Crippen molar-refractivity contribution in [1.29, 1.82) is 0 Å². The first-order valence-electron chi connectivity index (χ1n) is 9.94. The van der Waals surface area contributed by atoms with Crippen LogP contribution in [-0.2, 0) is 20.9 Å². The number of aliphatic carboxylic acids is 1. The van der Waals surface area contributed by atoms with E-state index in [4.69, 9.17) is 4.74 Å². The summed E-state index contributed by atoms with van der Waals surface area (Å²) in [4.78, 5) is 42.0. The molecule has 2 amide bonds. The molecular formula is C20H24N4O5. The molecule has 9 nitrogen and oxygen atoms in total. The third-order valence-corrected chi connectivity index (χ3v) is 5.42. The molecule has 1 saturated heterocycles. The summed E-state index contributed by atoms with van der Waals surface area (Å²) in [6.07, 6.45) is 3.47. The van der Waals surface area contributed by atoms with Gasteiger partial charge in [0.15, 0.2) is 6.10 Å². The van der Waals surface area contributed by atoms with E-state index in [1.54, 1.807) is 12.1 Å². The zero-order valence-corrected chi connectivity index (χ0v) is 16.0. The number of hydrogen-bond acceptors (Lipinski definition) is 6. The third kappa shape index (κ3) is 4.33. The number of carboxylic acids is 1. The Morgan fingerprint density at radius 1 is 1.28 bits per heavy atom. The number of hydrogen-bond donors (Lipinski definition) is 3. The summed E-state index contributed by atoms with van der Waals surface area (Å²) >= 11 is 0. The summed E-state index contributed by atoms with van der Waals surface area (Å²) in [6, 6.07) is 5.37. The Morgan fingerprint density at radius 3 is 2.83 bits per heavy atom. The van der Waals surface area contributed by atoms with Gasteiger partial charge >= 0.3 is 5.97 Å². The number of carbonyl (C=O) groups excluding carboxylic acids is 2. The second-order valence-electron chi connectivity index (χ2n) is 7.65. The minimum Gasteiger partial charge on any atom is -0.481 e. The molecule has 0 spiro atoms. The molecule has 0 bridgehead atoms. The quantitative estimate of drug-likeness (QED) is 0.662. The van der Waals surface area contributed by atoms with E-state index in [1.165, 1.54) is 0 Å². The number of para-hydroxylation sites is 1. The molecule has 4 rings (SSSR count). The standard InChI is InChI=1S/C20H24N4O5/c25-16-11-24-10-12-5-4-8-14(18(12)23-20(24)22-16)29-15(9-17(26)27)19(28)21-13-6-2-1-3-7-13/h4-5,8,13,15H,1-3,6-7,9-11H2,(H,21,28)(H,26,27)(H,22,23,25). The molecule has 9 heteroatoms. The highest BCUT2D eigenvalue weighted by Crippen LogP contribution is 2.36. The number of ether oxygens (including phenoxy) is 1. The lowest BCUT2D eigenvalue weighted by Crippen LogP contribution is -2.45. The van der Waals surface area contributed by atoms with Crippen LogP contribution in [0.5, 0.6) is 5.75 Å². The highest BCUT2D eigenvalue weighted by Gasteiger charge is 2.32. The minimum atomic E-state index is -1.16. The molecule has 2 heterocycles. The Hall–Kier alpha value is -3.10. The largest absolute Gasteiger partial charge is 0.481 e. The van der Waals surface area contributed by atoms with Crippen molar-refractivity contribution in [1.82, 2.24) is 15.5 Å². The maximum atomic E-state index is 12.7. The Kier molecular flexibility index (Phi) is 5.37. The Morgan fingerprint density at radius 2 is 2.07 bits per heavy atom. The normalized spacial score (nSPS) is 19.5. The van der Waals surface area contributed by atoms with Crippen LogP contribution < -0.4 is 15.4 Å². The Balaban J connectivity index is 1.54. The van der Waals surface area contributed by atoms with Gasteiger partial charge < -0.3 is 20.1 Å². The first-order valence-corrected chi connectivity index (χ1v) is 9.94. The van der Waals surface area contributed by atoms with E-state index in [0.717, 1.165) is 37.7 Å². The molecule has 1 aromatic carbocycles. The van der Waals surface area contributed by atoms with Crippen LogP contribution in [0.25, 0.3) is 0 Å². The van der Waals surface area contributed by atoms with Gasteiger partial charge in [-0.1, -0.05) is 31.4 Å². The molecule has 1 unspecified atom stereocenters. The fraction of sp³-hybridized carbons (Fsp3) is 0.500. The smallest absolute Gasteiger partial charge is 0.307 e. The van der Waals surface area contributed by atoms with Gasteiger partial charge in [-0.15, -0.1) is 0 Å². The number of guanidine groups is 1. The van der Waals surface area contributed by atoms with Crippen molar-refractivity contribution in [3.8, 4) is 5.75 Å². The van der Waals surface area contributed by atoms with Crippen LogP contribution in [-0.4, -0.2) is 52.4 Å². The average Bonchev–Trinajstić information content (AvgIpc) is 3.05. The summed E-state index contributed by atoms with van der Waals surface area (Å²) in [5.41, 5.74) is 1.37. The number of fused-ring (bicyclic) bond motifs is 2. The molecule has 1 aromatic rings. The molecule has 3 aliphatic rings. The Bertz CT molecular complexity index is 862. The van der Waals surface area contributed by atoms with Crippen molar-refractivity contribution in [2.75, 3.05) is 6.54 Å². The summed E-state index contributed by atoms with van der Waals surface area (Å²) in [7, 11) is 0. The van der Waals surface area contributed by atoms with Crippen molar-refractivity contribution >= 4 is 29.4 Å². The van der Waals surface area contributed by atoms with E-state index in [1.807, 2.05) is 11.0 Å². The number of nitrogens with zero attached hydrogens (tertiary/aromatic N) is 2. The number of nitrogens with one attached hydrogen (secondary N) is 2. The topological polar surface area (TPSA) is 120 Å². The molecule has 0 aromatic heterocycles. The van der Waals surface area contributed by atoms with Crippen LogP contribution in [0.3, 0.4) is 0 Å². The maximum Gasteiger partial charge on any atom is 0.307 e. The molecule has 154 valence electrons. The lowest BCUT2D eigenvalue weighted by atomic mass is 9.95. The minimum absolute atomic E-state index is 0.0586. The molecule has 2 aliphatic heterocycles.